The molecule has 1 aliphatic rings. The lowest BCUT2D eigenvalue weighted by Gasteiger charge is -2.13. The lowest BCUT2D eigenvalue weighted by atomic mass is 10.0. The van der Waals surface area contributed by atoms with Crippen LogP contribution in [0.5, 0.6) is 0 Å². The van der Waals surface area contributed by atoms with Crippen molar-refractivity contribution in [2.24, 2.45) is 17.3 Å². The Bertz CT molecular complexity index is 331. The Morgan fingerprint density at radius 2 is 1.68 bits per heavy atom. The third-order valence-electron chi connectivity index (χ3n) is 4.46. The predicted molar refractivity (Wildman–Crippen MR) is 72.7 cm³/mol. The van der Waals surface area contributed by atoms with Crippen LogP contribution < -0.4 is 0 Å². The highest BCUT2D eigenvalue weighted by Gasteiger charge is 2.57. The second-order valence-electron chi connectivity index (χ2n) is 6.12. The van der Waals surface area contributed by atoms with Crippen molar-refractivity contribution in [1.29, 1.82) is 0 Å². The quantitative estimate of drug-likeness (QED) is 0.604. The molecule has 0 bridgehead atoms. The van der Waals surface area contributed by atoms with Gasteiger partial charge in [-0.05, 0) is 24.2 Å². The summed E-state index contributed by atoms with van der Waals surface area (Å²) < 4.78 is 10.4. The van der Waals surface area contributed by atoms with Crippen molar-refractivity contribution in [3.05, 3.63) is 0 Å². The maximum Gasteiger partial charge on any atom is 0.157 e. The molecule has 0 spiro atoms. The van der Waals surface area contributed by atoms with Gasteiger partial charge in [-0.25, -0.2) is 0 Å². The van der Waals surface area contributed by atoms with Gasteiger partial charge in [0.2, 0.25) is 0 Å². The fourth-order valence-electron chi connectivity index (χ4n) is 2.89. The second-order valence-corrected chi connectivity index (χ2v) is 6.12. The summed E-state index contributed by atoms with van der Waals surface area (Å²) in [6.07, 6.45) is 1.96. The molecule has 0 unspecified atom stereocenters. The first-order chi connectivity index (χ1) is 8.82. The maximum absolute atomic E-state index is 11.8. The van der Waals surface area contributed by atoms with Gasteiger partial charge < -0.3 is 14.3 Å². The maximum atomic E-state index is 11.8. The van der Waals surface area contributed by atoms with Crippen LogP contribution in [0.25, 0.3) is 0 Å². The van der Waals surface area contributed by atoms with Gasteiger partial charge in [-0.15, -0.1) is 0 Å². The number of hydrogen-bond donors (Lipinski definition) is 0. The molecule has 1 aliphatic carbocycles. The van der Waals surface area contributed by atoms with Gasteiger partial charge in [0.25, 0.3) is 0 Å². The van der Waals surface area contributed by atoms with Crippen LogP contribution >= 0.6 is 0 Å². The van der Waals surface area contributed by atoms with E-state index >= 15 is 0 Å². The molecule has 0 radical (unpaired) electrons. The van der Waals surface area contributed by atoms with E-state index in [1.807, 2.05) is 0 Å². The van der Waals surface area contributed by atoms with Gasteiger partial charge >= 0.3 is 0 Å². The Hall–Kier alpha value is -0.740. The monoisotopic (exact) mass is 270 g/mol. The van der Waals surface area contributed by atoms with Crippen LogP contribution in [-0.4, -0.2) is 32.1 Å². The van der Waals surface area contributed by atoms with Crippen LogP contribution in [0.2, 0.25) is 0 Å². The lowest BCUT2D eigenvalue weighted by molar-refractivity contribution is -0.123. The summed E-state index contributed by atoms with van der Waals surface area (Å²) in [6, 6.07) is 0. The molecule has 0 saturated heterocycles. The largest absolute Gasteiger partial charge is 0.356 e. The number of carbonyl (C=O) groups is 2. The molecule has 0 heterocycles. The molecule has 0 aliphatic heterocycles. The minimum Gasteiger partial charge on any atom is -0.356 e. The van der Waals surface area contributed by atoms with Crippen LogP contribution in [0.1, 0.15) is 46.5 Å². The normalized spacial score (nSPS) is 24.5. The van der Waals surface area contributed by atoms with Crippen LogP contribution in [0.3, 0.4) is 0 Å². The summed E-state index contributed by atoms with van der Waals surface area (Å²) >= 11 is 0. The standard InChI is InChI=1S/C15H26O4/c1-10(16)6-7-11(17)8-12-13(15(12,2)3)9-14(18-4)19-5/h12-14H,6-9H2,1-5H3/t12-,13+/m0/s1. The van der Waals surface area contributed by atoms with Crippen molar-refractivity contribution < 1.29 is 19.1 Å². The van der Waals surface area contributed by atoms with E-state index < -0.39 is 0 Å². The van der Waals surface area contributed by atoms with Gasteiger partial charge in [0.15, 0.2) is 6.29 Å². The number of ketones is 2. The van der Waals surface area contributed by atoms with Crippen molar-refractivity contribution in [2.45, 2.75) is 52.7 Å². The molecule has 0 aromatic rings. The van der Waals surface area contributed by atoms with Crippen LogP contribution in [0.15, 0.2) is 0 Å². The molecule has 2 atom stereocenters. The Morgan fingerprint density at radius 3 is 2.16 bits per heavy atom. The molecule has 4 heteroatoms. The van der Waals surface area contributed by atoms with Gasteiger partial charge in [0.05, 0.1) is 0 Å². The third-order valence-corrected chi connectivity index (χ3v) is 4.46. The highest BCUT2D eigenvalue weighted by molar-refractivity contribution is 5.85. The van der Waals surface area contributed by atoms with Crippen molar-refractivity contribution in [2.75, 3.05) is 14.2 Å². The minimum atomic E-state index is -0.193. The zero-order chi connectivity index (χ0) is 14.6. The third kappa shape index (κ3) is 4.39. The first-order valence-corrected chi connectivity index (χ1v) is 6.89. The van der Waals surface area contributed by atoms with Crippen LogP contribution in [0.4, 0.5) is 0 Å². The average molecular weight is 270 g/mol. The molecule has 0 N–H and O–H groups in total. The molecule has 1 fully saturated rings. The molecule has 1 saturated carbocycles. The number of rotatable bonds is 9. The van der Waals surface area contributed by atoms with E-state index in [1.54, 1.807) is 14.2 Å². The lowest BCUT2D eigenvalue weighted by Crippen LogP contribution is -2.15. The number of carbonyl (C=O) groups excluding carboxylic acids is 2. The molecule has 0 amide bonds. The SMILES string of the molecule is COC(C[C@@H]1[C@H](CC(=O)CCC(C)=O)C1(C)C)OC. The summed E-state index contributed by atoms with van der Waals surface area (Å²) in [5, 5.41) is 0. The fraction of sp³-hybridized carbons (Fsp3) is 0.867. The Balaban J connectivity index is 2.42. The smallest absolute Gasteiger partial charge is 0.157 e. The summed E-state index contributed by atoms with van der Waals surface area (Å²) in [4.78, 5) is 22.7. The van der Waals surface area contributed by atoms with Gasteiger partial charge in [0.1, 0.15) is 11.6 Å². The van der Waals surface area contributed by atoms with Gasteiger partial charge in [-0.2, -0.15) is 0 Å². The van der Waals surface area contributed by atoms with E-state index in [0.29, 0.717) is 31.1 Å². The fourth-order valence-corrected chi connectivity index (χ4v) is 2.89. The number of ether oxygens (including phenoxy) is 2. The van der Waals surface area contributed by atoms with E-state index in [-0.39, 0.29) is 23.3 Å². The number of Topliss-reactive ketones (excluding diaryl/α,β-unsaturated/α-hetero) is 2. The average Bonchev–Trinajstić information content (AvgIpc) is 2.84. The molecule has 0 aromatic carbocycles. The van der Waals surface area contributed by atoms with E-state index in [2.05, 4.69) is 13.8 Å². The first-order valence-electron chi connectivity index (χ1n) is 6.89. The van der Waals surface area contributed by atoms with Crippen molar-refractivity contribution >= 4 is 11.6 Å². The number of methoxy groups -OCH3 is 2. The highest BCUT2D eigenvalue weighted by Crippen LogP contribution is 2.62. The van der Waals surface area contributed by atoms with Crippen LogP contribution in [0, 0.1) is 17.3 Å². The topological polar surface area (TPSA) is 52.6 Å². The number of hydrogen-bond acceptors (Lipinski definition) is 4. The van der Waals surface area contributed by atoms with Gasteiger partial charge in [0, 0.05) is 39.9 Å². The van der Waals surface area contributed by atoms with E-state index in [4.69, 9.17) is 9.47 Å². The summed E-state index contributed by atoms with van der Waals surface area (Å²) in [5.74, 6) is 1.12. The van der Waals surface area contributed by atoms with Crippen molar-refractivity contribution in [3.8, 4) is 0 Å². The van der Waals surface area contributed by atoms with Crippen LogP contribution in [-0.2, 0) is 19.1 Å². The highest BCUT2D eigenvalue weighted by atomic mass is 16.7. The zero-order valence-corrected chi connectivity index (χ0v) is 12.7. The van der Waals surface area contributed by atoms with Crippen molar-refractivity contribution in [1.82, 2.24) is 0 Å². The zero-order valence-electron chi connectivity index (χ0n) is 12.7. The predicted octanol–water partition coefficient (Wildman–Crippen LogP) is 2.60. The molecule has 19 heavy (non-hydrogen) atoms. The van der Waals surface area contributed by atoms with Gasteiger partial charge in [-0.3, -0.25) is 4.79 Å². The summed E-state index contributed by atoms with van der Waals surface area (Å²) in [6.45, 7) is 5.89. The molecular formula is C15H26O4. The van der Waals surface area contributed by atoms with E-state index in [0.717, 1.165) is 6.42 Å². The van der Waals surface area contributed by atoms with Gasteiger partial charge in [-0.1, -0.05) is 13.8 Å². The molecular weight excluding hydrogens is 244 g/mol. The molecule has 1 rings (SSSR count). The van der Waals surface area contributed by atoms with E-state index in [9.17, 15) is 9.59 Å². The molecule has 0 aromatic heterocycles. The molecule has 110 valence electrons. The first kappa shape index (κ1) is 16.3. The summed E-state index contributed by atoms with van der Waals surface area (Å²) in [5.41, 5.74) is 0.168. The Morgan fingerprint density at radius 1 is 1.11 bits per heavy atom. The summed E-state index contributed by atoms with van der Waals surface area (Å²) in [7, 11) is 3.27. The minimum absolute atomic E-state index is 0.0822. The second kappa shape index (κ2) is 6.62. The van der Waals surface area contributed by atoms with E-state index in [1.165, 1.54) is 6.92 Å². The van der Waals surface area contributed by atoms with Crippen molar-refractivity contribution in [3.63, 3.8) is 0 Å². The Labute approximate surface area is 115 Å². The Kier molecular flexibility index (Phi) is 5.68. The molecule has 4 nitrogen and oxygen atoms in total.